The smallest absolute Gasteiger partial charge is 0.251 e. The van der Waals surface area contributed by atoms with Crippen molar-refractivity contribution in [2.45, 2.75) is 25.0 Å². The predicted molar refractivity (Wildman–Crippen MR) is 115 cm³/mol. The Morgan fingerprint density at radius 2 is 2.00 bits per heavy atom. The number of aromatic nitrogens is 2. The Hall–Kier alpha value is -1.83. The molecule has 1 aliphatic heterocycles. The molecular weight excluding hydrogens is 370 g/mol. The van der Waals surface area contributed by atoms with Crippen molar-refractivity contribution in [2.24, 2.45) is 5.92 Å². The fraction of sp³-hybridized carbons (Fsp3) is 0.524. The Morgan fingerprint density at radius 3 is 2.68 bits per heavy atom. The minimum atomic E-state index is -0.0209. The number of imidazole rings is 1. The molecule has 28 heavy (non-hydrogen) atoms. The van der Waals surface area contributed by atoms with Gasteiger partial charge in [0.15, 0.2) is 5.16 Å². The summed E-state index contributed by atoms with van der Waals surface area (Å²) in [7, 11) is 2.17. The molecule has 6 nitrogen and oxygen atoms in total. The standard InChI is InChI=1S/C21H31N5OS/c1-16(2)19(25-12-10-24(3)11-13-25)15-23-20(27)17-6-5-7-18(14-17)26-9-8-22-21(26)28-4/h5-9,14,16,19H,10-13,15H2,1-4H3,(H,23,27). The van der Waals surface area contributed by atoms with E-state index in [2.05, 4.69) is 41.0 Å². The van der Waals surface area contributed by atoms with Crippen LogP contribution in [0.4, 0.5) is 0 Å². The summed E-state index contributed by atoms with van der Waals surface area (Å²) >= 11 is 1.59. The Labute approximate surface area is 172 Å². The zero-order chi connectivity index (χ0) is 20.1. The Balaban J connectivity index is 1.66. The van der Waals surface area contributed by atoms with Gasteiger partial charge >= 0.3 is 0 Å². The van der Waals surface area contributed by atoms with Gasteiger partial charge in [-0.25, -0.2) is 4.98 Å². The molecular formula is C21H31N5OS. The molecule has 1 amide bonds. The van der Waals surface area contributed by atoms with Crippen LogP contribution in [0.25, 0.3) is 5.69 Å². The lowest BCUT2D eigenvalue weighted by Crippen LogP contribution is -2.54. The van der Waals surface area contributed by atoms with Gasteiger partial charge in [0.25, 0.3) is 5.91 Å². The largest absolute Gasteiger partial charge is 0.350 e. The number of benzene rings is 1. The van der Waals surface area contributed by atoms with Crippen LogP contribution in [-0.4, -0.2) is 77.3 Å². The second kappa shape index (κ2) is 9.58. The van der Waals surface area contributed by atoms with Crippen molar-refractivity contribution in [3.05, 3.63) is 42.2 Å². The van der Waals surface area contributed by atoms with Crippen LogP contribution in [0.1, 0.15) is 24.2 Å². The van der Waals surface area contributed by atoms with Crippen molar-refractivity contribution in [2.75, 3.05) is 46.0 Å². The van der Waals surface area contributed by atoms with Gasteiger partial charge in [-0.05, 0) is 37.4 Å². The number of thioether (sulfide) groups is 1. The van der Waals surface area contributed by atoms with Gasteiger partial charge in [0.1, 0.15) is 0 Å². The summed E-state index contributed by atoms with van der Waals surface area (Å²) in [5.74, 6) is 0.470. The summed E-state index contributed by atoms with van der Waals surface area (Å²) < 4.78 is 2.00. The number of hydrogen-bond donors (Lipinski definition) is 1. The highest BCUT2D eigenvalue weighted by Gasteiger charge is 2.25. The molecule has 1 aromatic carbocycles. The molecule has 0 spiro atoms. The molecule has 1 fully saturated rings. The van der Waals surface area contributed by atoms with E-state index in [1.54, 1.807) is 18.0 Å². The van der Waals surface area contributed by atoms with E-state index in [1.165, 1.54) is 0 Å². The van der Waals surface area contributed by atoms with Gasteiger partial charge in [-0.3, -0.25) is 14.3 Å². The summed E-state index contributed by atoms with van der Waals surface area (Å²) in [4.78, 5) is 22.0. The van der Waals surface area contributed by atoms with Gasteiger partial charge in [-0.2, -0.15) is 0 Å². The number of piperazine rings is 1. The van der Waals surface area contributed by atoms with Gasteiger partial charge in [0.05, 0.1) is 0 Å². The number of rotatable bonds is 7. The first kappa shape index (κ1) is 20.9. The first-order chi connectivity index (χ1) is 13.5. The van der Waals surface area contributed by atoms with Crippen molar-refractivity contribution >= 4 is 17.7 Å². The number of nitrogens with one attached hydrogen (secondary N) is 1. The van der Waals surface area contributed by atoms with Gasteiger partial charge < -0.3 is 10.2 Å². The van der Waals surface area contributed by atoms with Crippen LogP contribution in [0.15, 0.2) is 41.8 Å². The van der Waals surface area contributed by atoms with Crippen LogP contribution in [0.2, 0.25) is 0 Å². The Kier molecular flexibility index (Phi) is 7.15. The average Bonchev–Trinajstić information content (AvgIpc) is 3.18. The minimum Gasteiger partial charge on any atom is -0.350 e. The molecule has 1 N–H and O–H groups in total. The summed E-state index contributed by atoms with van der Waals surface area (Å²) in [6.45, 7) is 9.43. The Bertz CT molecular complexity index is 783. The van der Waals surface area contributed by atoms with E-state index < -0.39 is 0 Å². The van der Waals surface area contributed by atoms with E-state index in [0.29, 0.717) is 24.1 Å². The molecule has 0 aliphatic carbocycles. The minimum absolute atomic E-state index is 0.0209. The van der Waals surface area contributed by atoms with E-state index in [9.17, 15) is 4.79 Å². The zero-order valence-corrected chi connectivity index (χ0v) is 18.1. The van der Waals surface area contributed by atoms with Gasteiger partial charge in [0, 0.05) is 62.4 Å². The predicted octanol–water partition coefficient (Wildman–Crippen LogP) is 2.60. The number of nitrogens with zero attached hydrogens (tertiary/aromatic N) is 4. The average molecular weight is 402 g/mol. The van der Waals surface area contributed by atoms with Crippen LogP contribution in [-0.2, 0) is 0 Å². The molecule has 0 saturated carbocycles. The van der Waals surface area contributed by atoms with Crippen LogP contribution in [0.5, 0.6) is 0 Å². The van der Waals surface area contributed by atoms with E-state index in [0.717, 1.165) is 37.0 Å². The number of amides is 1. The quantitative estimate of drug-likeness (QED) is 0.723. The topological polar surface area (TPSA) is 53.4 Å². The third-order valence-electron chi connectivity index (χ3n) is 5.42. The summed E-state index contributed by atoms with van der Waals surface area (Å²) in [5, 5.41) is 4.08. The van der Waals surface area contributed by atoms with Gasteiger partial charge in [-0.1, -0.05) is 31.7 Å². The van der Waals surface area contributed by atoms with Crippen molar-refractivity contribution in [1.82, 2.24) is 24.7 Å². The lowest BCUT2D eigenvalue weighted by molar-refractivity contribution is 0.0791. The molecule has 3 rings (SSSR count). The van der Waals surface area contributed by atoms with Crippen LogP contribution in [0.3, 0.4) is 0 Å². The molecule has 0 radical (unpaired) electrons. The second-order valence-corrected chi connectivity index (χ2v) is 8.47. The molecule has 1 saturated heterocycles. The van der Waals surface area contributed by atoms with Gasteiger partial charge in [0.2, 0.25) is 0 Å². The highest BCUT2D eigenvalue weighted by Crippen LogP contribution is 2.19. The maximum atomic E-state index is 12.8. The molecule has 152 valence electrons. The van der Waals surface area contributed by atoms with E-state index >= 15 is 0 Å². The van der Waals surface area contributed by atoms with Crippen molar-refractivity contribution in [1.29, 1.82) is 0 Å². The van der Waals surface area contributed by atoms with E-state index in [-0.39, 0.29) is 5.91 Å². The van der Waals surface area contributed by atoms with Gasteiger partial charge in [-0.15, -0.1) is 0 Å². The SMILES string of the molecule is CSc1nccn1-c1cccc(C(=O)NCC(C(C)C)N2CCN(C)CC2)c1. The van der Waals surface area contributed by atoms with Crippen molar-refractivity contribution in [3.8, 4) is 5.69 Å². The molecule has 1 aliphatic rings. The van der Waals surface area contributed by atoms with Crippen molar-refractivity contribution < 1.29 is 4.79 Å². The third-order valence-corrected chi connectivity index (χ3v) is 6.09. The monoisotopic (exact) mass is 401 g/mol. The number of carbonyl (C=O) groups is 1. The summed E-state index contributed by atoms with van der Waals surface area (Å²) in [5.41, 5.74) is 1.63. The molecule has 0 bridgehead atoms. The maximum Gasteiger partial charge on any atom is 0.251 e. The van der Waals surface area contributed by atoms with Crippen LogP contribution in [0, 0.1) is 5.92 Å². The first-order valence-corrected chi connectivity index (χ1v) is 11.1. The molecule has 1 aromatic heterocycles. The van der Waals surface area contributed by atoms with Crippen LogP contribution < -0.4 is 5.32 Å². The normalized spacial score (nSPS) is 17.0. The lowest BCUT2D eigenvalue weighted by Gasteiger charge is -2.39. The number of likely N-dealkylation sites (N-methyl/N-ethyl adjacent to an activating group) is 1. The van der Waals surface area contributed by atoms with E-state index in [4.69, 9.17) is 0 Å². The highest BCUT2D eigenvalue weighted by molar-refractivity contribution is 7.98. The number of carbonyl (C=O) groups excluding carboxylic acids is 1. The summed E-state index contributed by atoms with van der Waals surface area (Å²) in [6.07, 6.45) is 5.70. The maximum absolute atomic E-state index is 12.8. The second-order valence-electron chi connectivity index (χ2n) is 7.69. The fourth-order valence-electron chi connectivity index (χ4n) is 3.67. The first-order valence-electron chi connectivity index (χ1n) is 9.88. The number of hydrogen-bond acceptors (Lipinski definition) is 5. The molecule has 1 atom stereocenters. The molecule has 1 unspecified atom stereocenters. The molecule has 2 heterocycles. The Morgan fingerprint density at radius 1 is 1.25 bits per heavy atom. The van der Waals surface area contributed by atoms with Crippen LogP contribution >= 0.6 is 11.8 Å². The van der Waals surface area contributed by atoms with E-state index in [1.807, 2.05) is 41.3 Å². The zero-order valence-electron chi connectivity index (χ0n) is 17.3. The highest BCUT2D eigenvalue weighted by atomic mass is 32.2. The molecule has 2 aromatic rings. The lowest BCUT2D eigenvalue weighted by atomic mass is 10.0. The summed E-state index contributed by atoms with van der Waals surface area (Å²) in [6, 6.07) is 8.08. The molecule has 7 heteroatoms. The van der Waals surface area contributed by atoms with Crippen molar-refractivity contribution in [3.63, 3.8) is 0 Å². The fourth-order valence-corrected chi connectivity index (χ4v) is 4.20. The third kappa shape index (κ3) is 4.96.